The third-order valence-electron chi connectivity index (χ3n) is 5.29. The van der Waals surface area contributed by atoms with Crippen molar-refractivity contribution in [2.24, 2.45) is 5.92 Å². The van der Waals surface area contributed by atoms with Crippen molar-refractivity contribution >= 4 is 52.4 Å². The van der Waals surface area contributed by atoms with Crippen LogP contribution in [0.25, 0.3) is 0 Å². The number of carbonyl (C=O) groups is 2. The number of nitrogens with one attached hydrogen (secondary N) is 1. The van der Waals surface area contributed by atoms with E-state index >= 15 is 0 Å². The molecule has 1 saturated heterocycles. The van der Waals surface area contributed by atoms with Gasteiger partial charge in [0.2, 0.25) is 5.91 Å². The number of nitrogens with zero attached hydrogens (tertiary/aromatic N) is 1. The molecule has 0 bridgehead atoms. The van der Waals surface area contributed by atoms with E-state index in [1.54, 1.807) is 0 Å². The SMILES string of the molecule is COC(=O)C1CC2CCCCC2N1CC(=O)Nc1c(Cl)cc(Cl)cc1Cl. The van der Waals surface area contributed by atoms with Crippen LogP contribution in [0.4, 0.5) is 5.69 Å². The summed E-state index contributed by atoms with van der Waals surface area (Å²) in [5, 5.41) is 3.70. The number of likely N-dealkylation sites (tertiary alicyclic amines) is 1. The number of fused-ring (bicyclic) bond motifs is 1. The molecular formula is C18H21Cl3N2O3. The van der Waals surface area contributed by atoms with Gasteiger partial charge in [0, 0.05) is 11.1 Å². The van der Waals surface area contributed by atoms with E-state index in [9.17, 15) is 9.59 Å². The Kier molecular flexibility index (Phi) is 6.33. The highest BCUT2D eigenvalue weighted by Crippen LogP contribution is 2.40. The van der Waals surface area contributed by atoms with Gasteiger partial charge >= 0.3 is 5.97 Å². The maximum atomic E-state index is 12.6. The van der Waals surface area contributed by atoms with E-state index in [1.807, 2.05) is 4.90 Å². The Balaban J connectivity index is 1.75. The van der Waals surface area contributed by atoms with Crippen molar-refractivity contribution in [2.75, 3.05) is 19.0 Å². The lowest BCUT2D eigenvalue weighted by molar-refractivity contribution is -0.146. The van der Waals surface area contributed by atoms with Crippen LogP contribution in [0.1, 0.15) is 32.1 Å². The fourth-order valence-corrected chi connectivity index (χ4v) is 5.07. The summed E-state index contributed by atoms with van der Waals surface area (Å²) in [5.74, 6) is -0.116. The number of anilines is 1. The highest BCUT2D eigenvalue weighted by molar-refractivity contribution is 6.42. The smallest absolute Gasteiger partial charge is 0.323 e. The Labute approximate surface area is 167 Å². The molecule has 1 N–H and O–H groups in total. The summed E-state index contributed by atoms with van der Waals surface area (Å²) in [6, 6.07) is 2.90. The molecule has 3 unspecified atom stereocenters. The van der Waals surface area contributed by atoms with Crippen LogP contribution >= 0.6 is 34.8 Å². The molecule has 3 rings (SSSR count). The predicted molar refractivity (Wildman–Crippen MR) is 103 cm³/mol. The van der Waals surface area contributed by atoms with Crippen LogP contribution in [0, 0.1) is 5.92 Å². The number of methoxy groups -OCH3 is 1. The van der Waals surface area contributed by atoms with Gasteiger partial charge in [0.1, 0.15) is 6.04 Å². The van der Waals surface area contributed by atoms with E-state index in [2.05, 4.69) is 5.32 Å². The average Bonchev–Trinajstić information content (AvgIpc) is 2.96. The minimum Gasteiger partial charge on any atom is -0.468 e. The highest BCUT2D eigenvalue weighted by atomic mass is 35.5. The molecule has 8 heteroatoms. The van der Waals surface area contributed by atoms with Crippen LogP contribution in [0.3, 0.4) is 0 Å². The molecule has 3 atom stereocenters. The Hall–Kier alpha value is -1.01. The monoisotopic (exact) mass is 418 g/mol. The Bertz CT molecular complexity index is 690. The molecule has 26 heavy (non-hydrogen) atoms. The number of halogens is 3. The summed E-state index contributed by atoms with van der Waals surface area (Å²) in [6.07, 6.45) is 5.11. The first-order chi connectivity index (χ1) is 12.4. The van der Waals surface area contributed by atoms with Crippen LogP contribution in [0.5, 0.6) is 0 Å². The zero-order valence-electron chi connectivity index (χ0n) is 14.4. The molecule has 0 aromatic heterocycles. The van der Waals surface area contributed by atoms with Crippen LogP contribution < -0.4 is 5.32 Å². The molecule has 1 amide bonds. The third kappa shape index (κ3) is 4.11. The quantitative estimate of drug-likeness (QED) is 0.735. The molecule has 2 aliphatic rings. The number of ether oxygens (including phenoxy) is 1. The number of amides is 1. The Morgan fingerprint density at radius 1 is 1.19 bits per heavy atom. The van der Waals surface area contributed by atoms with Crippen LogP contribution in [-0.2, 0) is 14.3 Å². The van der Waals surface area contributed by atoms with Crippen molar-refractivity contribution in [3.8, 4) is 0 Å². The lowest BCUT2D eigenvalue weighted by atomic mass is 9.85. The Morgan fingerprint density at radius 2 is 1.85 bits per heavy atom. The standard InChI is InChI=1S/C18H21Cl3N2O3/c1-26-18(25)15-6-10-4-2-3-5-14(10)23(15)9-16(24)22-17-12(20)7-11(19)8-13(17)21/h7-8,10,14-15H,2-6,9H2,1H3,(H,22,24). The van der Waals surface area contributed by atoms with Crippen molar-refractivity contribution in [3.05, 3.63) is 27.2 Å². The summed E-state index contributed by atoms with van der Waals surface area (Å²) < 4.78 is 4.95. The normalized spacial score (nSPS) is 25.6. The van der Waals surface area contributed by atoms with Crippen LogP contribution in [0.2, 0.25) is 15.1 Å². The van der Waals surface area contributed by atoms with Crippen LogP contribution in [-0.4, -0.2) is 42.5 Å². The van der Waals surface area contributed by atoms with E-state index in [4.69, 9.17) is 39.5 Å². The van der Waals surface area contributed by atoms with Gasteiger partial charge in [0.15, 0.2) is 0 Å². The number of hydrogen-bond donors (Lipinski definition) is 1. The first kappa shape index (κ1) is 19.7. The number of carbonyl (C=O) groups excluding carboxylic acids is 2. The third-order valence-corrected chi connectivity index (χ3v) is 6.11. The van der Waals surface area contributed by atoms with Gasteiger partial charge in [-0.25, -0.2) is 0 Å². The van der Waals surface area contributed by atoms with Gasteiger partial charge in [-0.1, -0.05) is 47.6 Å². The number of esters is 1. The molecular weight excluding hydrogens is 399 g/mol. The lowest BCUT2D eigenvalue weighted by Gasteiger charge is -2.32. The molecule has 2 fully saturated rings. The minimum atomic E-state index is -0.380. The molecule has 1 aromatic rings. The summed E-state index contributed by atoms with van der Waals surface area (Å²) in [4.78, 5) is 26.8. The van der Waals surface area contributed by atoms with Crippen molar-refractivity contribution in [2.45, 2.75) is 44.2 Å². The van der Waals surface area contributed by atoms with Gasteiger partial charge in [0.25, 0.3) is 0 Å². The zero-order chi connectivity index (χ0) is 18.8. The first-order valence-corrected chi connectivity index (χ1v) is 9.82. The van der Waals surface area contributed by atoms with Gasteiger partial charge in [-0.3, -0.25) is 14.5 Å². The maximum absolute atomic E-state index is 12.6. The molecule has 1 aliphatic heterocycles. The second kappa shape index (κ2) is 8.34. The molecule has 5 nitrogen and oxygen atoms in total. The Morgan fingerprint density at radius 3 is 2.50 bits per heavy atom. The van der Waals surface area contributed by atoms with Crippen molar-refractivity contribution in [1.29, 1.82) is 0 Å². The molecule has 1 saturated carbocycles. The minimum absolute atomic E-state index is 0.0935. The van der Waals surface area contributed by atoms with Gasteiger partial charge in [-0.05, 0) is 37.3 Å². The molecule has 1 aromatic carbocycles. The van der Waals surface area contributed by atoms with Crippen molar-refractivity contribution in [3.63, 3.8) is 0 Å². The van der Waals surface area contributed by atoms with Gasteiger partial charge < -0.3 is 10.1 Å². The van der Waals surface area contributed by atoms with E-state index in [-0.39, 0.29) is 40.6 Å². The predicted octanol–water partition coefficient (Wildman–Crippen LogP) is 4.39. The summed E-state index contributed by atoms with van der Waals surface area (Å²) in [7, 11) is 1.38. The molecule has 142 valence electrons. The van der Waals surface area contributed by atoms with Gasteiger partial charge in [-0.2, -0.15) is 0 Å². The van der Waals surface area contributed by atoms with E-state index in [0.29, 0.717) is 16.6 Å². The number of hydrogen-bond acceptors (Lipinski definition) is 4. The van der Waals surface area contributed by atoms with Gasteiger partial charge in [0.05, 0.1) is 29.4 Å². The van der Waals surface area contributed by atoms with Crippen molar-refractivity contribution < 1.29 is 14.3 Å². The second-order valence-corrected chi connectivity index (χ2v) is 8.10. The second-order valence-electron chi connectivity index (χ2n) is 6.85. The topological polar surface area (TPSA) is 58.6 Å². The largest absolute Gasteiger partial charge is 0.468 e. The van der Waals surface area contributed by atoms with Crippen molar-refractivity contribution in [1.82, 2.24) is 4.90 Å². The zero-order valence-corrected chi connectivity index (χ0v) is 16.7. The number of benzene rings is 1. The van der Waals surface area contributed by atoms with E-state index in [0.717, 1.165) is 25.7 Å². The summed E-state index contributed by atoms with van der Waals surface area (Å²) in [6.45, 7) is 0.0935. The molecule has 1 aliphatic carbocycles. The molecule has 0 radical (unpaired) electrons. The summed E-state index contributed by atoms with van der Waals surface area (Å²) in [5.41, 5.74) is 0.330. The van der Waals surface area contributed by atoms with E-state index < -0.39 is 0 Å². The fraction of sp³-hybridized carbons (Fsp3) is 0.556. The highest BCUT2D eigenvalue weighted by Gasteiger charge is 2.46. The average molecular weight is 420 g/mol. The summed E-state index contributed by atoms with van der Waals surface area (Å²) >= 11 is 18.2. The van der Waals surface area contributed by atoms with Crippen LogP contribution in [0.15, 0.2) is 12.1 Å². The first-order valence-electron chi connectivity index (χ1n) is 8.68. The molecule has 0 spiro atoms. The maximum Gasteiger partial charge on any atom is 0.323 e. The van der Waals surface area contributed by atoms with Gasteiger partial charge in [-0.15, -0.1) is 0 Å². The van der Waals surface area contributed by atoms with E-state index in [1.165, 1.54) is 25.7 Å². The number of rotatable bonds is 4. The fourth-order valence-electron chi connectivity index (χ4n) is 4.15. The lowest BCUT2D eigenvalue weighted by Crippen LogP contribution is -2.46. The molecule has 1 heterocycles.